The summed E-state index contributed by atoms with van der Waals surface area (Å²) in [6.45, 7) is 6.11. The summed E-state index contributed by atoms with van der Waals surface area (Å²) in [4.78, 5) is 30.1. The van der Waals surface area contributed by atoms with Crippen molar-refractivity contribution in [3.8, 4) is 0 Å². The van der Waals surface area contributed by atoms with E-state index in [1.807, 2.05) is 40.9 Å². The Balaban J connectivity index is 1.77. The SMILES string of the molecule is CCOC(=O)c1cc(C(=O)CN2CCN(C)CC2)n2ccc3ccccc3c12. The lowest BCUT2D eigenvalue weighted by molar-refractivity contribution is 0.0529. The van der Waals surface area contributed by atoms with E-state index in [1.54, 1.807) is 13.0 Å². The van der Waals surface area contributed by atoms with Gasteiger partial charge in [-0.15, -0.1) is 0 Å². The summed E-state index contributed by atoms with van der Waals surface area (Å²) in [6, 6.07) is 11.6. The van der Waals surface area contributed by atoms with Crippen LogP contribution >= 0.6 is 0 Å². The molecule has 28 heavy (non-hydrogen) atoms. The number of Topliss-reactive ketones (excluding diaryl/α,β-unsaturated/α-hetero) is 1. The Bertz CT molecular complexity index is 1030. The van der Waals surface area contributed by atoms with Crippen molar-refractivity contribution in [1.82, 2.24) is 14.2 Å². The first-order chi connectivity index (χ1) is 13.6. The molecule has 0 unspecified atom stereocenters. The summed E-state index contributed by atoms with van der Waals surface area (Å²) in [5, 5.41) is 1.96. The fourth-order valence-corrected chi connectivity index (χ4v) is 3.84. The summed E-state index contributed by atoms with van der Waals surface area (Å²) in [6.07, 6.45) is 1.87. The quantitative estimate of drug-likeness (QED) is 0.504. The summed E-state index contributed by atoms with van der Waals surface area (Å²) >= 11 is 0. The van der Waals surface area contributed by atoms with Gasteiger partial charge in [0.1, 0.15) is 0 Å². The molecule has 146 valence electrons. The van der Waals surface area contributed by atoms with Crippen LogP contribution in [0.25, 0.3) is 16.3 Å². The summed E-state index contributed by atoms with van der Waals surface area (Å²) in [5.74, 6) is -0.375. The second kappa shape index (κ2) is 7.73. The third kappa shape index (κ3) is 3.41. The molecular weight excluding hydrogens is 354 g/mol. The van der Waals surface area contributed by atoms with Gasteiger partial charge in [-0.2, -0.15) is 0 Å². The topological polar surface area (TPSA) is 54.3 Å². The maximum atomic E-state index is 13.1. The maximum Gasteiger partial charge on any atom is 0.340 e. The number of carbonyl (C=O) groups is 2. The number of ketones is 1. The predicted octanol–water partition coefficient (Wildman–Crippen LogP) is 2.70. The molecule has 0 saturated carbocycles. The Hall–Kier alpha value is -2.70. The number of hydrogen-bond acceptors (Lipinski definition) is 5. The highest BCUT2D eigenvalue weighted by atomic mass is 16.5. The Morgan fingerprint density at radius 1 is 1.07 bits per heavy atom. The van der Waals surface area contributed by atoms with Crippen LogP contribution in [0, 0.1) is 0 Å². The second-order valence-corrected chi connectivity index (χ2v) is 7.29. The van der Waals surface area contributed by atoms with Crippen LogP contribution < -0.4 is 0 Å². The summed E-state index contributed by atoms with van der Waals surface area (Å²) in [5.41, 5.74) is 1.71. The van der Waals surface area contributed by atoms with Gasteiger partial charge in [-0.1, -0.05) is 24.3 Å². The van der Waals surface area contributed by atoms with Crippen molar-refractivity contribution in [3.05, 3.63) is 53.9 Å². The van der Waals surface area contributed by atoms with Crippen LogP contribution in [0.3, 0.4) is 0 Å². The molecule has 6 nitrogen and oxygen atoms in total. The first-order valence-corrected chi connectivity index (χ1v) is 9.72. The number of benzene rings is 1. The van der Waals surface area contributed by atoms with Gasteiger partial charge in [-0.25, -0.2) is 4.79 Å². The second-order valence-electron chi connectivity index (χ2n) is 7.29. The van der Waals surface area contributed by atoms with E-state index in [4.69, 9.17) is 4.74 Å². The molecule has 0 aliphatic carbocycles. The van der Waals surface area contributed by atoms with Crippen LogP contribution in [0.15, 0.2) is 42.6 Å². The molecule has 0 bridgehead atoms. The Morgan fingerprint density at radius 2 is 1.82 bits per heavy atom. The van der Waals surface area contributed by atoms with Gasteiger partial charge in [0.2, 0.25) is 0 Å². The average molecular weight is 379 g/mol. The third-order valence-electron chi connectivity index (χ3n) is 5.40. The zero-order valence-electron chi connectivity index (χ0n) is 16.4. The van der Waals surface area contributed by atoms with E-state index in [-0.39, 0.29) is 5.78 Å². The molecule has 6 heteroatoms. The highest BCUT2D eigenvalue weighted by Gasteiger charge is 2.24. The molecule has 3 aromatic rings. The van der Waals surface area contributed by atoms with Gasteiger partial charge in [0.25, 0.3) is 0 Å². The number of esters is 1. The number of nitrogens with zero attached hydrogens (tertiary/aromatic N) is 3. The number of ether oxygens (including phenoxy) is 1. The zero-order chi connectivity index (χ0) is 19.7. The lowest BCUT2D eigenvalue weighted by Gasteiger charge is -2.31. The Kier molecular flexibility index (Phi) is 5.15. The van der Waals surface area contributed by atoms with E-state index in [0.717, 1.165) is 42.5 Å². The molecule has 0 spiro atoms. The van der Waals surface area contributed by atoms with E-state index in [2.05, 4.69) is 16.8 Å². The highest BCUT2D eigenvalue weighted by Crippen LogP contribution is 2.27. The fraction of sp³-hybridized carbons (Fsp3) is 0.364. The number of likely N-dealkylation sites (N-methyl/N-ethyl adjacent to an activating group) is 1. The molecule has 2 aromatic heterocycles. The normalized spacial score (nSPS) is 15.9. The molecule has 1 aromatic carbocycles. The molecular formula is C22H25N3O3. The Morgan fingerprint density at radius 3 is 2.57 bits per heavy atom. The summed E-state index contributed by atoms with van der Waals surface area (Å²) < 4.78 is 7.10. The zero-order valence-corrected chi connectivity index (χ0v) is 16.4. The molecule has 0 radical (unpaired) electrons. The van der Waals surface area contributed by atoms with Crippen LogP contribution in [0.5, 0.6) is 0 Å². The molecule has 0 N–H and O–H groups in total. The molecule has 4 rings (SSSR count). The molecule has 1 saturated heterocycles. The van der Waals surface area contributed by atoms with Crippen molar-refractivity contribution < 1.29 is 14.3 Å². The van der Waals surface area contributed by atoms with E-state index >= 15 is 0 Å². The van der Waals surface area contributed by atoms with Gasteiger partial charge in [0.05, 0.1) is 29.9 Å². The lowest BCUT2D eigenvalue weighted by atomic mass is 10.1. The molecule has 0 atom stereocenters. The minimum absolute atomic E-state index is 0.0189. The van der Waals surface area contributed by atoms with Gasteiger partial charge >= 0.3 is 5.97 Å². The number of fused-ring (bicyclic) bond motifs is 3. The average Bonchev–Trinajstić information content (AvgIpc) is 3.10. The molecule has 0 amide bonds. The Labute approximate surface area is 164 Å². The van der Waals surface area contributed by atoms with Gasteiger partial charge in [-0.05, 0) is 31.5 Å². The molecule has 3 heterocycles. The van der Waals surface area contributed by atoms with E-state index in [1.165, 1.54) is 0 Å². The number of hydrogen-bond donors (Lipinski definition) is 0. The van der Waals surface area contributed by atoms with Crippen LogP contribution in [0.2, 0.25) is 0 Å². The van der Waals surface area contributed by atoms with Crippen molar-refractivity contribution in [2.45, 2.75) is 6.92 Å². The van der Waals surface area contributed by atoms with Gasteiger partial charge in [-0.3, -0.25) is 9.69 Å². The molecule has 1 aliphatic heterocycles. The lowest BCUT2D eigenvalue weighted by Crippen LogP contribution is -2.46. The van der Waals surface area contributed by atoms with E-state index in [9.17, 15) is 9.59 Å². The van der Waals surface area contributed by atoms with Crippen molar-refractivity contribution in [1.29, 1.82) is 0 Å². The highest BCUT2D eigenvalue weighted by molar-refractivity contribution is 6.11. The van der Waals surface area contributed by atoms with Crippen molar-refractivity contribution >= 4 is 28.0 Å². The molecule has 1 aliphatic rings. The monoisotopic (exact) mass is 379 g/mol. The van der Waals surface area contributed by atoms with Crippen LogP contribution in [-0.2, 0) is 4.74 Å². The minimum atomic E-state index is -0.394. The standard InChI is InChI=1S/C22H25N3O3/c1-3-28-22(27)18-14-19(20(26)15-24-12-10-23(2)11-13-24)25-9-8-16-6-4-5-7-17(16)21(18)25/h4-9,14H,3,10-13,15H2,1-2H3. The van der Waals surface area contributed by atoms with Gasteiger partial charge in [0.15, 0.2) is 5.78 Å². The van der Waals surface area contributed by atoms with Crippen LogP contribution in [-0.4, -0.2) is 72.3 Å². The van der Waals surface area contributed by atoms with E-state index in [0.29, 0.717) is 24.4 Å². The number of pyridine rings is 1. The number of aromatic nitrogens is 1. The smallest absolute Gasteiger partial charge is 0.340 e. The number of rotatable bonds is 5. The van der Waals surface area contributed by atoms with Crippen molar-refractivity contribution in [3.63, 3.8) is 0 Å². The number of piperazine rings is 1. The molecule has 1 fully saturated rings. The maximum absolute atomic E-state index is 13.1. The van der Waals surface area contributed by atoms with Gasteiger partial charge in [0, 0.05) is 37.8 Å². The van der Waals surface area contributed by atoms with Gasteiger partial charge < -0.3 is 14.0 Å². The third-order valence-corrected chi connectivity index (χ3v) is 5.40. The van der Waals surface area contributed by atoms with Crippen molar-refractivity contribution in [2.75, 3.05) is 46.4 Å². The largest absolute Gasteiger partial charge is 0.462 e. The summed E-state index contributed by atoms with van der Waals surface area (Å²) in [7, 11) is 2.09. The predicted molar refractivity (Wildman–Crippen MR) is 109 cm³/mol. The number of carbonyl (C=O) groups excluding carboxylic acids is 2. The van der Waals surface area contributed by atoms with Crippen molar-refractivity contribution in [2.24, 2.45) is 0 Å². The fourth-order valence-electron chi connectivity index (χ4n) is 3.84. The van der Waals surface area contributed by atoms with E-state index < -0.39 is 5.97 Å². The first kappa shape index (κ1) is 18.7. The first-order valence-electron chi connectivity index (χ1n) is 9.72. The van der Waals surface area contributed by atoms with Crippen LogP contribution in [0.1, 0.15) is 27.8 Å². The minimum Gasteiger partial charge on any atom is -0.462 e. The van der Waals surface area contributed by atoms with Crippen LogP contribution in [0.4, 0.5) is 0 Å².